The normalized spacial score (nSPS) is 16.4. The van der Waals surface area contributed by atoms with Crippen LogP contribution < -0.4 is 4.90 Å². The van der Waals surface area contributed by atoms with Gasteiger partial charge in [0.05, 0.1) is 5.92 Å². The van der Waals surface area contributed by atoms with Crippen LogP contribution in [0.4, 0.5) is 5.69 Å². The summed E-state index contributed by atoms with van der Waals surface area (Å²) in [7, 11) is 0. The molecule has 0 bridgehead atoms. The molecule has 1 amide bonds. The van der Waals surface area contributed by atoms with E-state index in [0.717, 1.165) is 37.3 Å². The Balaban J connectivity index is 1.40. The van der Waals surface area contributed by atoms with Gasteiger partial charge in [0.25, 0.3) is 0 Å². The molecule has 0 radical (unpaired) electrons. The van der Waals surface area contributed by atoms with Gasteiger partial charge in [-0.15, -0.1) is 0 Å². The van der Waals surface area contributed by atoms with Crippen molar-refractivity contribution in [2.24, 2.45) is 0 Å². The average molecular weight is 387 g/mol. The molecule has 2 aliphatic rings. The summed E-state index contributed by atoms with van der Waals surface area (Å²) in [5, 5.41) is 0. The molecular weight excluding hydrogens is 364 g/mol. The van der Waals surface area contributed by atoms with Crippen molar-refractivity contribution in [3.63, 3.8) is 0 Å². The first kappa shape index (κ1) is 17.4. The molecule has 1 saturated heterocycles. The van der Waals surface area contributed by atoms with E-state index in [0.29, 0.717) is 0 Å². The smallest absolute Gasteiger partial charge is 0.234 e. The lowest BCUT2D eigenvalue weighted by atomic mass is 9.89. The Morgan fingerprint density at radius 1 is 0.714 bits per heavy atom. The van der Waals surface area contributed by atoms with Gasteiger partial charge in [0, 0.05) is 41.7 Å². The van der Waals surface area contributed by atoms with Crippen LogP contribution in [-0.4, -0.2) is 37.0 Å². The Labute approximate surface area is 170 Å². The number of piperazine rings is 1. The summed E-state index contributed by atoms with van der Waals surface area (Å²) in [5.74, 6) is 0.0323. The quantitative estimate of drug-likeness (QED) is 0.641. The van der Waals surface area contributed by atoms with Gasteiger partial charge >= 0.3 is 0 Å². The molecule has 3 aromatic rings. The fourth-order valence-electron chi connectivity index (χ4n) is 4.18. The number of carbonyl (C=O) groups excluding carboxylic acids is 1. The first-order chi connectivity index (χ1) is 13.8. The summed E-state index contributed by atoms with van der Waals surface area (Å²) in [6, 6.07) is 27.1. The van der Waals surface area contributed by atoms with E-state index in [9.17, 15) is 4.79 Å². The van der Waals surface area contributed by atoms with Crippen molar-refractivity contribution < 1.29 is 4.79 Å². The van der Waals surface area contributed by atoms with E-state index in [-0.39, 0.29) is 11.8 Å². The summed E-state index contributed by atoms with van der Waals surface area (Å²) in [6.45, 7) is 3.28. The molecule has 0 N–H and O–H groups in total. The second-order valence-electron chi connectivity index (χ2n) is 7.26. The summed E-state index contributed by atoms with van der Waals surface area (Å²) >= 11 is 1.77. The van der Waals surface area contributed by atoms with Gasteiger partial charge in [-0.25, -0.2) is 0 Å². The van der Waals surface area contributed by atoms with Crippen molar-refractivity contribution in [3.8, 4) is 0 Å². The SMILES string of the molecule is O=C(C1c2ccccc2Sc2ccccc21)N1CCN(c2ccccc2)CC1. The molecule has 0 spiro atoms. The number of para-hydroxylation sites is 1. The summed E-state index contributed by atoms with van der Waals surface area (Å²) in [5.41, 5.74) is 3.52. The molecule has 4 heteroatoms. The van der Waals surface area contributed by atoms with Gasteiger partial charge in [0.15, 0.2) is 0 Å². The zero-order chi connectivity index (χ0) is 18.9. The Bertz CT molecular complexity index is 951. The van der Waals surface area contributed by atoms with Gasteiger partial charge in [0.1, 0.15) is 0 Å². The van der Waals surface area contributed by atoms with E-state index in [1.54, 1.807) is 11.8 Å². The van der Waals surface area contributed by atoms with Gasteiger partial charge in [-0.3, -0.25) is 4.79 Å². The van der Waals surface area contributed by atoms with Crippen LogP contribution in [0.5, 0.6) is 0 Å². The molecule has 0 aliphatic carbocycles. The summed E-state index contributed by atoms with van der Waals surface area (Å²) < 4.78 is 0. The van der Waals surface area contributed by atoms with E-state index in [1.807, 2.05) is 23.1 Å². The minimum absolute atomic E-state index is 0.197. The van der Waals surface area contributed by atoms with E-state index in [4.69, 9.17) is 0 Å². The number of hydrogen-bond donors (Lipinski definition) is 0. The monoisotopic (exact) mass is 386 g/mol. The maximum absolute atomic E-state index is 13.6. The first-order valence-corrected chi connectivity index (χ1v) is 10.6. The zero-order valence-corrected chi connectivity index (χ0v) is 16.4. The molecule has 0 aromatic heterocycles. The lowest BCUT2D eigenvalue weighted by Gasteiger charge is -2.38. The van der Waals surface area contributed by atoms with Gasteiger partial charge in [-0.2, -0.15) is 0 Å². The number of nitrogens with zero attached hydrogens (tertiary/aromatic N) is 2. The van der Waals surface area contributed by atoms with E-state index >= 15 is 0 Å². The predicted octanol–water partition coefficient (Wildman–Crippen LogP) is 4.63. The Morgan fingerprint density at radius 2 is 1.25 bits per heavy atom. The Morgan fingerprint density at radius 3 is 1.86 bits per heavy atom. The van der Waals surface area contributed by atoms with Crippen LogP contribution in [0.1, 0.15) is 17.0 Å². The summed E-state index contributed by atoms with van der Waals surface area (Å²) in [6.07, 6.45) is 0. The van der Waals surface area contributed by atoms with Crippen LogP contribution in [0.25, 0.3) is 0 Å². The largest absolute Gasteiger partial charge is 0.368 e. The third-order valence-electron chi connectivity index (χ3n) is 5.64. The minimum Gasteiger partial charge on any atom is -0.368 e. The lowest BCUT2D eigenvalue weighted by molar-refractivity contribution is -0.132. The highest BCUT2D eigenvalue weighted by atomic mass is 32.2. The van der Waals surface area contributed by atoms with Crippen LogP contribution in [0.3, 0.4) is 0 Å². The second kappa shape index (κ2) is 7.36. The van der Waals surface area contributed by atoms with Crippen molar-refractivity contribution in [2.45, 2.75) is 15.7 Å². The van der Waals surface area contributed by atoms with Gasteiger partial charge in [-0.1, -0.05) is 66.4 Å². The molecule has 0 unspecified atom stereocenters. The van der Waals surface area contributed by atoms with Gasteiger partial charge < -0.3 is 9.80 Å². The number of carbonyl (C=O) groups is 1. The van der Waals surface area contributed by atoms with Crippen LogP contribution in [0.15, 0.2) is 88.7 Å². The lowest BCUT2D eigenvalue weighted by Crippen LogP contribution is -2.50. The number of hydrogen-bond acceptors (Lipinski definition) is 3. The van der Waals surface area contributed by atoms with Crippen LogP contribution >= 0.6 is 11.8 Å². The number of rotatable bonds is 2. The fourth-order valence-corrected chi connectivity index (χ4v) is 5.32. The first-order valence-electron chi connectivity index (χ1n) is 9.76. The molecule has 140 valence electrons. The van der Waals surface area contributed by atoms with Crippen molar-refractivity contribution in [1.82, 2.24) is 4.90 Å². The molecule has 3 aromatic carbocycles. The van der Waals surface area contributed by atoms with Crippen LogP contribution in [0.2, 0.25) is 0 Å². The van der Waals surface area contributed by atoms with E-state index in [2.05, 4.69) is 65.6 Å². The molecule has 28 heavy (non-hydrogen) atoms. The average Bonchev–Trinajstić information content (AvgIpc) is 2.77. The molecule has 1 fully saturated rings. The van der Waals surface area contributed by atoms with Gasteiger partial charge in [0.2, 0.25) is 5.91 Å². The maximum atomic E-state index is 13.6. The highest BCUT2D eigenvalue weighted by Crippen LogP contribution is 2.46. The van der Waals surface area contributed by atoms with Crippen molar-refractivity contribution in [3.05, 3.63) is 90.0 Å². The Hall–Kier alpha value is -2.72. The maximum Gasteiger partial charge on any atom is 0.234 e. The molecular formula is C24H22N2OS. The molecule has 2 heterocycles. The number of anilines is 1. The number of benzene rings is 3. The van der Waals surface area contributed by atoms with Gasteiger partial charge in [-0.05, 0) is 35.4 Å². The summed E-state index contributed by atoms with van der Waals surface area (Å²) in [4.78, 5) is 20.4. The standard InChI is InChI=1S/C24H22N2OS/c27-24(26-16-14-25(15-17-26)18-8-2-1-3-9-18)23-19-10-4-6-12-21(19)28-22-13-7-5-11-20(22)23/h1-13,23H,14-17H2. The zero-order valence-electron chi connectivity index (χ0n) is 15.6. The highest BCUT2D eigenvalue weighted by Gasteiger charge is 2.35. The molecule has 0 saturated carbocycles. The van der Waals surface area contributed by atoms with Crippen molar-refractivity contribution in [1.29, 1.82) is 0 Å². The second-order valence-corrected chi connectivity index (χ2v) is 8.34. The third kappa shape index (κ3) is 3.08. The molecule has 0 atom stereocenters. The predicted molar refractivity (Wildman–Crippen MR) is 114 cm³/mol. The molecule has 2 aliphatic heterocycles. The number of amides is 1. The Kier molecular flexibility index (Phi) is 4.57. The van der Waals surface area contributed by atoms with Crippen molar-refractivity contribution >= 4 is 23.4 Å². The highest BCUT2D eigenvalue weighted by molar-refractivity contribution is 7.99. The number of fused-ring (bicyclic) bond motifs is 2. The van der Waals surface area contributed by atoms with E-state index in [1.165, 1.54) is 15.5 Å². The van der Waals surface area contributed by atoms with E-state index < -0.39 is 0 Å². The molecule has 5 rings (SSSR count). The molecule has 3 nitrogen and oxygen atoms in total. The third-order valence-corrected chi connectivity index (χ3v) is 6.82. The topological polar surface area (TPSA) is 23.6 Å². The van der Waals surface area contributed by atoms with Crippen molar-refractivity contribution in [2.75, 3.05) is 31.1 Å². The minimum atomic E-state index is -0.197. The van der Waals surface area contributed by atoms with Crippen LogP contribution in [0, 0.1) is 0 Å². The fraction of sp³-hybridized carbons (Fsp3) is 0.208. The van der Waals surface area contributed by atoms with Crippen LogP contribution in [-0.2, 0) is 4.79 Å².